The number of ketones is 1. The molecule has 110 valence electrons. The first kappa shape index (κ1) is 15.4. The maximum absolute atomic E-state index is 11.4. The molecule has 1 aromatic carbocycles. The lowest BCUT2D eigenvalue weighted by Gasteiger charge is -2.26. The van der Waals surface area contributed by atoms with Gasteiger partial charge in [-0.25, -0.2) is 0 Å². The SMILES string of the molecule is COc1cc(C(C)=O)ccc1OCC1(CBr)CCCC1. The van der Waals surface area contributed by atoms with E-state index in [0.717, 1.165) is 5.33 Å². The molecule has 3 nitrogen and oxygen atoms in total. The van der Waals surface area contributed by atoms with Crippen LogP contribution in [0.25, 0.3) is 0 Å². The molecule has 0 unspecified atom stereocenters. The van der Waals surface area contributed by atoms with Crippen molar-refractivity contribution < 1.29 is 14.3 Å². The number of benzene rings is 1. The molecule has 1 aliphatic rings. The number of rotatable bonds is 6. The van der Waals surface area contributed by atoms with Gasteiger partial charge in [-0.3, -0.25) is 4.79 Å². The van der Waals surface area contributed by atoms with E-state index in [1.807, 2.05) is 6.07 Å². The second-order valence-electron chi connectivity index (χ2n) is 5.55. The van der Waals surface area contributed by atoms with Gasteiger partial charge in [0.15, 0.2) is 17.3 Å². The predicted octanol–water partition coefficient (Wildman–Crippen LogP) is 4.23. The largest absolute Gasteiger partial charge is 0.493 e. The Morgan fingerprint density at radius 1 is 1.30 bits per heavy atom. The zero-order valence-corrected chi connectivity index (χ0v) is 13.7. The molecule has 0 aromatic heterocycles. The average Bonchev–Trinajstić information content (AvgIpc) is 2.94. The zero-order chi connectivity index (χ0) is 14.6. The van der Waals surface area contributed by atoms with E-state index in [4.69, 9.17) is 9.47 Å². The number of carbonyl (C=O) groups is 1. The Morgan fingerprint density at radius 3 is 2.55 bits per heavy atom. The molecule has 1 saturated carbocycles. The van der Waals surface area contributed by atoms with Crippen LogP contribution in [0.15, 0.2) is 18.2 Å². The molecule has 0 bridgehead atoms. The predicted molar refractivity (Wildman–Crippen MR) is 83.2 cm³/mol. The Bertz CT molecular complexity index is 479. The smallest absolute Gasteiger partial charge is 0.161 e. The van der Waals surface area contributed by atoms with Crippen LogP contribution in [-0.2, 0) is 0 Å². The van der Waals surface area contributed by atoms with E-state index in [9.17, 15) is 4.79 Å². The van der Waals surface area contributed by atoms with Gasteiger partial charge in [-0.15, -0.1) is 0 Å². The molecule has 0 amide bonds. The van der Waals surface area contributed by atoms with E-state index in [1.54, 1.807) is 26.2 Å². The third kappa shape index (κ3) is 3.35. The van der Waals surface area contributed by atoms with Gasteiger partial charge in [0.05, 0.1) is 13.7 Å². The molecule has 0 spiro atoms. The standard InChI is InChI=1S/C16H21BrO3/c1-12(18)13-5-6-14(15(9-13)19-2)20-11-16(10-17)7-3-4-8-16/h5-6,9H,3-4,7-8,10-11H2,1-2H3. The Balaban J connectivity index is 2.11. The minimum Gasteiger partial charge on any atom is -0.493 e. The van der Waals surface area contributed by atoms with Crippen LogP contribution < -0.4 is 9.47 Å². The Labute approximate surface area is 128 Å². The summed E-state index contributed by atoms with van der Waals surface area (Å²) in [5.41, 5.74) is 0.884. The molecule has 1 fully saturated rings. The number of Topliss-reactive ketones (excluding diaryl/α,β-unsaturated/α-hetero) is 1. The molecule has 4 heteroatoms. The lowest BCUT2D eigenvalue weighted by Crippen LogP contribution is -2.27. The van der Waals surface area contributed by atoms with Crippen molar-refractivity contribution in [3.05, 3.63) is 23.8 Å². The Morgan fingerprint density at radius 2 is 2.00 bits per heavy atom. The molecule has 0 atom stereocenters. The maximum atomic E-state index is 11.4. The fraction of sp³-hybridized carbons (Fsp3) is 0.562. The van der Waals surface area contributed by atoms with Crippen molar-refractivity contribution in [2.45, 2.75) is 32.6 Å². The highest BCUT2D eigenvalue weighted by atomic mass is 79.9. The number of hydrogen-bond acceptors (Lipinski definition) is 3. The van der Waals surface area contributed by atoms with Gasteiger partial charge in [-0.1, -0.05) is 28.8 Å². The highest BCUT2D eigenvalue weighted by molar-refractivity contribution is 9.09. The summed E-state index contributed by atoms with van der Waals surface area (Å²) in [4.78, 5) is 11.4. The molecular formula is C16H21BrO3. The highest BCUT2D eigenvalue weighted by Crippen LogP contribution is 2.41. The van der Waals surface area contributed by atoms with Crippen LogP contribution in [0.1, 0.15) is 43.0 Å². The third-order valence-corrected chi connectivity index (χ3v) is 5.24. The first-order valence-corrected chi connectivity index (χ1v) is 8.10. The number of ether oxygens (including phenoxy) is 2. The number of halogens is 1. The number of methoxy groups -OCH3 is 1. The monoisotopic (exact) mass is 340 g/mol. The van der Waals surface area contributed by atoms with Crippen LogP contribution in [0.4, 0.5) is 0 Å². The molecule has 0 heterocycles. The van der Waals surface area contributed by atoms with E-state index < -0.39 is 0 Å². The van der Waals surface area contributed by atoms with Crippen molar-refractivity contribution in [2.24, 2.45) is 5.41 Å². The second kappa shape index (κ2) is 6.61. The summed E-state index contributed by atoms with van der Waals surface area (Å²) in [5.74, 6) is 1.37. The number of carbonyl (C=O) groups excluding carboxylic acids is 1. The van der Waals surface area contributed by atoms with Crippen LogP contribution in [0.5, 0.6) is 11.5 Å². The molecule has 1 aromatic rings. The zero-order valence-electron chi connectivity index (χ0n) is 12.1. The van der Waals surface area contributed by atoms with Crippen molar-refractivity contribution in [3.8, 4) is 11.5 Å². The minimum absolute atomic E-state index is 0.0302. The topological polar surface area (TPSA) is 35.5 Å². The fourth-order valence-corrected chi connectivity index (χ4v) is 3.40. The van der Waals surface area contributed by atoms with Crippen LogP contribution in [0.2, 0.25) is 0 Å². The summed E-state index contributed by atoms with van der Waals surface area (Å²) in [5, 5.41) is 0.966. The Kier molecular flexibility index (Phi) is 5.08. The van der Waals surface area contributed by atoms with E-state index >= 15 is 0 Å². The van der Waals surface area contributed by atoms with Gasteiger partial charge in [-0.2, -0.15) is 0 Å². The third-order valence-electron chi connectivity index (χ3n) is 4.05. The molecule has 0 saturated heterocycles. The summed E-state index contributed by atoms with van der Waals surface area (Å²) >= 11 is 3.62. The molecule has 2 rings (SSSR count). The fourth-order valence-electron chi connectivity index (χ4n) is 2.68. The summed E-state index contributed by atoms with van der Waals surface area (Å²) in [6, 6.07) is 5.36. The average molecular weight is 341 g/mol. The van der Waals surface area contributed by atoms with Crippen molar-refractivity contribution in [1.29, 1.82) is 0 Å². The second-order valence-corrected chi connectivity index (χ2v) is 6.11. The van der Waals surface area contributed by atoms with Gasteiger partial charge in [0.25, 0.3) is 0 Å². The van der Waals surface area contributed by atoms with Gasteiger partial charge in [0, 0.05) is 16.3 Å². The lowest BCUT2D eigenvalue weighted by molar-refractivity contribution is 0.101. The first-order chi connectivity index (χ1) is 9.60. The first-order valence-electron chi connectivity index (χ1n) is 6.98. The quantitative estimate of drug-likeness (QED) is 0.574. The lowest BCUT2D eigenvalue weighted by atomic mass is 9.90. The van der Waals surface area contributed by atoms with Gasteiger partial charge < -0.3 is 9.47 Å². The Hall–Kier alpha value is -1.03. The van der Waals surface area contributed by atoms with Crippen LogP contribution in [0.3, 0.4) is 0 Å². The summed E-state index contributed by atoms with van der Waals surface area (Å²) in [6.07, 6.45) is 4.95. The summed E-state index contributed by atoms with van der Waals surface area (Å²) in [7, 11) is 1.60. The van der Waals surface area contributed by atoms with Crippen LogP contribution >= 0.6 is 15.9 Å². The van der Waals surface area contributed by atoms with E-state index in [-0.39, 0.29) is 11.2 Å². The van der Waals surface area contributed by atoms with Crippen molar-refractivity contribution in [1.82, 2.24) is 0 Å². The molecule has 20 heavy (non-hydrogen) atoms. The number of alkyl halides is 1. The van der Waals surface area contributed by atoms with E-state index in [0.29, 0.717) is 23.7 Å². The molecule has 0 radical (unpaired) electrons. The van der Waals surface area contributed by atoms with E-state index in [2.05, 4.69) is 15.9 Å². The molecule has 0 aliphatic heterocycles. The molecular weight excluding hydrogens is 320 g/mol. The van der Waals surface area contributed by atoms with Crippen LogP contribution in [0, 0.1) is 5.41 Å². The number of hydrogen-bond donors (Lipinski definition) is 0. The van der Waals surface area contributed by atoms with Gasteiger partial charge >= 0.3 is 0 Å². The van der Waals surface area contributed by atoms with Crippen molar-refractivity contribution in [2.75, 3.05) is 19.0 Å². The van der Waals surface area contributed by atoms with Gasteiger partial charge in [0.1, 0.15) is 0 Å². The van der Waals surface area contributed by atoms with Crippen molar-refractivity contribution in [3.63, 3.8) is 0 Å². The van der Waals surface area contributed by atoms with Crippen LogP contribution in [-0.4, -0.2) is 24.8 Å². The summed E-state index contributed by atoms with van der Waals surface area (Å²) in [6.45, 7) is 2.24. The van der Waals surface area contributed by atoms with Gasteiger partial charge in [0.2, 0.25) is 0 Å². The minimum atomic E-state index is 0.0302. The maximum Gasteiger partial charge on any atom is 0.161 e. The van der Waals surface area contributed by atoms with Crippen molar-refractivity contribution >= 4 is 21.7 Å². The summed E-state index contributed by atoms with van der Waals surface area (Å²) < 4.78 is 11.3. The molecule has 1 aliphatic carbocycles. The highest BCUT2D eigenvalue weighted by Gasteiger charge is 2.33. The molecule has 0 N–H and O–H groups in total. The van der Waals surface area contributed by atoms with Gasteiger partial charge in [-0.05, 0) is 38.0 Å². The van der Waals surface area contributed by atoms with E-state index in [1.165, 1.54) is 25.7 Å². The normalized spacial score (nSPS) is 16.9.